The van der Waals surface area contributed by atoms with E-state index < -0.39 is 0 Å². The standard InChI is InChI=1S/C13H26N2/c1-5-7-14-8-6-13(9-14)10-15(11-13)12(2,3)4/h5-11H2,1-4H3. The molecule has 2 aliphatic rings. The molecule has 0 radical (unpaired) electrons. The van der Waals surface area contributed by atoms with E-state index in [-0.39, 0.29) is 0 Å². The normalized spacial score (nSPS) is 27.2. The highest BCUT2D eigenvalue weighted by molar-refractivity contribution is 5.04. The van der Waals surface area contributed by atoms with E-state index in [0.29, 0.717) is 11.0 Å². The molecule has 2 saturated heterocycles. The molecule has 2 heterocycles. The molecule has 0 aromatic carbocycles. The first-order valence-electron chi connectivity index (χ1n) is 6.43. The molecule has 0 aromatic rings. The first-order valence-corrected chi connectivity index (χ1v) is 6.43. The first-order chi connectivity index (χ1) is 6.95. The Labute approximate surface area is 94.6 Å². The van der Waals surface area contributed by atoms with Gasteiger partial charge >= 0.3 is 0 Å². The predicted molar refractivity (Wildman–Crippen MR) is 65.1 cm³/mol. The maximum Gasteiger partial charge on any atom is 0.0125 e. The van der Waals surface area contributed by atoms with E-state index in [9.17, 15) is 0 Å². The summed E-state index contributed by atoms with van der Waals surface area (Å²) in [5.41, 5.74) is 1.05. The van der Waals surface area contributed by atoms with Crippen LogP contribution in [-0.2, 0) is 0 Å². The lowest BCUT2D eigenvalue weighted by atomic mass is 9.76. The summed E-state index contributed by atoms with van der Waals surface area (Å²) in [6.45, 7) is 15.9. The first kappa shape index (κ1) is 11.4. The van der Waals surface area contributed by atoms with Crippen LogP contribution in [0.5, 0.6) is 0 Å². The van der Waals surface area contributed by atoms with Crippen molar-refractivity contribution in [2.24, 2.45) is 5.41 Å². The Morgan fingerprint density at radius 3 is 2.33 bits per heavy atom. The third kappa shape index (κ3) is 2.21. The zero-order chi connectivity index (χ0) is 11.1. The Morgan fingerprint density at radius 2 is 1.80 bits per heavy atom. The Balaban J connectivity index is 1.83. The fourth-order valence-corrected chi connectivity index (χ4v) is 3.03. The highest BCUT2D eigenvalue weighted by Crippen LogP contribution is 2.42. The highest BCUT2D eigenvalue weighted by Gasteiger charge is 2.49. The van der Waals surface area contributed by atoms with Crippen molar-refractivity contribution in [2.45, 2.75) is 46.1 Å². The van der Waals surface area contributed by atoms with Gasteiger partial charge in [0, 0.05) is 30.6 Å². The summed E-state index contributed by atoms with van der Waals surface area (Å²) in [5, 5.41) is 0. The molecule has 0 unspecified atom stereocenters. The molecule has 0 amide bonds. The van der Waals surface area contributed by atoms with Crippen LogP contribution < -0.4 is 0 Å². The van der Waals surface area contributed by atoms with E-state index in [1.54, 1.807) is 0 Å². The van der Waals surface area contributed by atoms with Gasteiger partial charge in [0.15, 0.2) is 0 Å². The monoisotopic (exact) mass is 210 g/mol. The van der Waals surface area contributed by atoms with Gasteiger partial charge in [-0.05, 0) is 46.7 Å². The minimum Gasteiger partial charge on any atom is -0.303 e. The van der Waals surface area contributed by atoms with Crippen molar-refractivity contribution in [2.75, 3.05) is 32.7 Å². The van der Waals surface area contributed by atoms with Crippen molar-refractivity contribution in [1.29, 1.82) is 0 Å². The Bertz CT molecular complexity index is 223. The van der Waals surface area contributed by atoms with Gasteiger partial charge in [0.25, 0.3) is 0 Å². The maximum atomic E-state index is 2.65. The number of nitrogens with zero attached hydrogens (tertiary/aromatic N) is 2. The summed E-state index contributed by atoms with van der Waals surface area (Å²) in [4.78, 5) is 5.28. The lowest BCUT2D eigenvalue weighted by molar-refractivity contribution is -0.0520. The van der Waals surface area contributed by atoms with Crippen molar-refractivity contribution in [1.82, 2.24) is 9.80 Å². The summed E-state index contributed by atoms with van der Waals surface area (Å²) < 4.78 is 0. The molecule has 0 bridgehead atoms. The van der Waals surface area contributed by atoms with Crippen molar-refractivity contribution < 1.29 is 0 Å². The van der Waals surface area contributed by atoms with Gasteiger partial charge in [0.1, 0.15) is 0 Å². The van der Waals surface area contributed by atoms with Gasteiger partial charge in [-0.25, -0.2) is 0 Å². The fourth-order valence-electron chi connectivity index (χ4n) is 3.03. The summed E-state index contributed by atoms with van der Waals surface area (Å²) in [5.74, 6) is 0. The number of hydrogen-bond donors (Lipinski definition) is 0. The molecule has 2 fully saturated rings. The van der Waals surface area contributed by atoms with E-state index in [1.165, 1.54) is 45.6 Å². The van der Waals surface area contributed by atoms with Crippen LogP contribution in [0.3, 0.4) is 0 Å². The molecule has 0 saturated carbocycles. The molecule has 0 aromatic heterocycles. The molecule has 2 nitrogen and oxygen atoms in total. The number of likely N-dealkylation sites (tertiary alicyclic amines) is 2. The third-order valence-electron chi connectivity index (χ3n) is 4.06. The molecular weight excluding hydrogens is 184 g/mol. The van der Waals surface area contributed by atoms with Crippen LogP contribution in [0.25, 0.3) is 0 Å². The largest absolute Gasteiger partial charge is 0.303 e. The molecule has 0 aliphatic carbocycles. The van der Waals surface area contributed by atoms with Crippen molar-refractivity contribution >= 4 is 0 Å². The fraction of sp³-hybridized carbons (Fsp3) is 1.00. The van der Waals surface area contributed by atoms with E-state index in [0.717, 1.165) is 0 Å². The maximum absolute atomic E-state index is 2.65. The van der Waals surface area contributed by atoms with Gasteiger partial charge in [-0.3, -0.25) is 4.90 Å². The molecular formula is C13H26N2. The van der Waals surface area contributed by atoms with Crippen LogP contribution in [0.4, 0.5) is 0 Å². The Kier molecular flexibility index (Phi) is 2.85. The van der Waals surface area contributed by atoms with E-state index in [1.807, 2.05) is 0 Å². The lowest BCUT2D eigenvalue weighted by Gasteiger charge is -2.54. The van der Waals surface area contributed by atoms with Crippen molar-refractivity contribution in [3.63, 3.8) is 0 Å². The molecule has 2 aliphatic heterocycles. The Morgan fingerprint density at radius 1 is 1.13 bits per heavy atom. The van der Waals surface area contributed by atoms with Crippen LogP contribution in [0.1, 0.15) is 40.5 Å². The van der Waals surface area contributed by atoms with E-state index in [4.69, 9.17) is 0 Å². The molecule has 0 N–H and O–H groups in total. The summed E-state index contributed by atoms with van der Waals surface area (Å²) in [7, 11) is 0. The smallest absolute Gasteiger partial charge is 0.0125 e. The topological polar surface area (TPSA) is 6.48 Å². The van der Waals surface area contributed by atoms with Gasteiger partial charge in [-0.15, -0.1) is 0 Å². The molecule has 2 rings (SSSR count). The van der Waals surface area contributed by atoms with E-state index in [2.05, 4.69) is 37.5 Å². The SMILES string of the molecule is CCCN1CCC2(C1)CN(C(C)(C)C)C2. The second-order valence-electron chi connectivity index (χ2n) is 6.55. The second kappa shape index (κ2) is 3.74. The zero-order valence-electron chi connectivity index (χ0n) is 10.8. The molecule has 15 heavy (non-hydrogen) atoms. The average Bonchev–Trinajstić information content (AvgIpc) is 2.45. The van der Waals surface area contributed by atoms with Crippen LogP contribution in [-0.4, -0.2) is 48.1 Å². The van der Waals surface area contributed by atoms with Crippen LogP contribution >= 0.6 is 0 Å². The van der Waals surface area contributed by atoms with Crippen LogP contribution in [0.15, 0.2) is 0 Å². The average molecular weight is 210 g/mol. The second-order valence-corrected chi connectivity index (χ2v) is 6.55. The molecule has 2 heteroatoms. The van der Waals surface area contributed by atoms with Gasteiger partial charge in [-0.1, -0.05) is 6.92 Å². The number of hydrogen-bond acceptors (Lipinski definition) is 2. The molecule has 88 valence electrons. The summed E-state index contributed by atoms with van der Waals surface area (Å²) in [6, 6.07) is 0. The molecule has 1 spiro atoms. The third-order valence-corrected chi connectivity index (χ3v) is 4.06. The van der Waals surface area contributed by atoms with Crippen LogP contribution in [0.2, 0.25) is 0 Å². The number of rotatable bonds is 2. The van der Waals surface area contributed by atoms with E-state index >= 15 is 0 Å². The van der Waals surface area contributed by atoms with Crippen molar-refractivity contribution in [3.8, 4) is 0 Å². The van der Waals surface area contributed by atoms with Gasteiger partial charge in [-0.2, -0.15) is 0 Å². The minimum atomic E-state index is 0.378. The summed E-state index contributed by atoms with van der Waals surface area (Å²) in [6.07, 6.45) is 2.73. The quantitative estimate of drug-likeness (QED) is 0.689. The lowest BCUT2D eigenvalue weighted by Crippen LogP contribution is -2.63. The van der Waals surface area contributed by atoms with Gasteiger partial charge < -0.3 is 4.90 Å². The predicted octanol–water partition coefficient (Wildman–Crippen LogP) is 2.20. The summed E-state index contributed by atoms with van der Waals surface area (Å²) >= 11 is 0. The Hall–Kier alpha value is -0.0800. The zero-order valence-corrected chi connectivity index (χ0v) is 10.8. The minimum absolute atomic E-state index is 0.378. The van der Waals surface area contributed by atoms with Crippen LogP contribution in [0, 0.1) is 5.41 Å². The van der Waals surface area contributed by atoms with Gasteiger partial charge in [0.05, 0.1) is 0 Å². The van der Waals surface area contributed by atoms with Crippen molar-refractivity contribution in [3.05, 3.63) is 0 Å². The van der Waals surface area contributed by atoms with Gasteiger partial charge in [0.2, 0.25) is 0 Å². The highest BCUT2D eigenvalue weighted by atomic mass is 15.3. The molecule has 0 atom stereocenters.